The Kier molecular flexibility index (Phi) is 5.52. The highest BCUT2D eigenvalue weighted by molar-refractivity contribution is 7.89. The number of rotatable bonds is 6. The summed E-state index contributed by atoms with van der Waals surface area (Å²) in [5.41, 5.74) is 1.29. The monoisotopic (exact) mass is 332 g/mol. The molecule has 6 heteroatoms. The molecule has 0 bridgehead atoms. The van der Waals surface area contributed by atoms with Crippen molar-refractivity contribution in [2.24, 2.45) is 0 Å². The molecule has 0 aliphatic rings. The number of sulfonamides is 1. The standard InChI is InChI=1S/C17H20N2O3S/c1-13(2)19-23(21,22)16-10-6-7-14(11-16)12-18-17(20)15-8-4-3-5-9-15/h3-11,13,19H,12H2,1-2H3,(H,18,20). The minimum absolute atomic E-state index is 0.179. The summed E-state index contributed by atoms with van der Waals surface area (Å²) in [5, 5.41) is 2.78. The van der Waals surface area contributed by atoms with E-state index >= 15 is 0 Å². The molecule has 2 rings (SSSR count). The van der Waals surface area contributed by atoms with Gasteiger partial charge in [0, 0.05) is 18.2 Å². The minimum atomic E-state index is -3.54. The molecule has 0 spiro atoms. The first-order valence-electron chi connectivity index (χ1n) is 7.33. The van der Waals surface area contributed by atoms with E-state index in [9.17, 15) is 13.2 Å². The van der Waals surface area contributed by atoms with E-state index in [1.165, 1.54) is 6.07 Å². The van der Waals surface area contributed by atoms with Crippen LogP contribution in [-0.2, 0) is 16.6 Å². The van der Waals surface area contributed by atoms with Gasteiger partial charge in [0.15, 0.2) is 0 Å². The smallest absolute Gasteiger partial charge is 0.251 e. The molecule has 5 nitrogen and oxygen atoms in total. The summed E-state index contributed by atoms with van der Waals surface area (Å²) < 4.78 is 26.9. The maximum absolute atomic E-state index is 12.2. The van der Waals surface area contributed by atoms with E-state index in [0.717, 1.165) is 5.56 Å². The summed E-state index contributed by atoms with van der Waals surface area (Å²) in [6, 6.07) is 15.2. The first-order valence-corrected chi connectivity index (χ1v) is 8.81. The van der Waals surface area contributed by atoms with E-state index in [-0.39, 0.29) is 23.4 Å². The molecule has 0 saturated carbocycles. The number of nitrogens with one attached hydrogen (secondary N) is 2. The Morgan fingerprint density at radius 3 is 2.39 bits per heavy atom. The van der Waals surface area contributed by atoms with Gasteiger partial charge in [0.1, 0.15) is 0 Å². The third-order valence-electron chi connectivity index (χ3n) is 3.09. The van der Waals surface area contributed by atoms with Gasteiger partial charge >= 0.3 is 0 Å². The highest BCUT2D eigenvalue weighted by atomic mass is 32.2. The molecule has 122 valence electrons. The lowest BCUT2D eigenvalue weighted by Gasteiger charge is -2.11. The Balaban J connectivity index is 2.08. The minimum Gasteiger partial charge on any atom is -0.348 e. The maximum atomic E-state index is 12.2. The molecule has 0 atom stereocenters. The van der Waals surface area contributed by atoms with Gasteiger partial charge < -0.3 is 5.32 Å². The fraction of sp³-hybridized carbons (Fsp3) is 0.235. The number of hydrogen-bond acceptors (Lipinski definition) is 3. The van der Waals surface area contributed by atoms with E-state index in [0.29, 0.717) is 5.56 Å². The molecule has 23 heavy (non-hydrogen) atoms. The van der Waals surface area contributed by atoms with Crippen LogP contribution in [0.5, 0.6) is 0 Å². The van der Waals surface area contributed by atoms with Gasteiger partial charge in [-0.15, -0.1) is 0 Å². The molecule has 2 aromatic carbocycles. The summed E-state index contributed by atoms with van der Waals surface area (Å²) in [5.74, 6) is -0.195. The van der Waals surface area contributed by atoms with Crippen molar-refractivity contribution in [3.8, 4) is 0 Å². The van der Waals surface area contributed by atoms with Crippen LogP contribution in [0.25, 0.3) is 0 Å². The Bertz CT molecular complexity index is 771. The molecule has 0 heterocycles. The van der Waals surface area contributed by atoms with E-state index in [2.05, 4.69) is 10.0 Å². The molecule has 2 N–H and O–H groups in total. The summed E-state index contributed by atoms with van der Waals surface area (Å²) in [6.07, 6.45) is 0. The molecule has 2 aromatic rings. The van der Waals surface area contributed by atoms with Crippen molar-refractivity contribution in [3.05, 3.63) is 65.7 Å². The lowest BCUT2D eigenvalue weighted by molar-refractivity contribution is 0.0951. The third kappa shape index (κ3) is 4.91. The van der Waals surface area contributed by atoms with Gasteiger partial charge in [0.25, 0.3) is 5.91 Å². The van der Waals surface area contributed by atoms with Crippen molar-refractivity contribution < 1.29 is 13.2 Å². The van der Waals surface area contributed by atoms with Crippen LogP contribution in [-0.4, -0.2) is 20.4 Å². The first kappa shape index (κ1) is 17.2. The second-order valence-corrected chi connectivity index (χ2v) is 7.19. The molecule has 0 aliphatic heterocycles. The van der Waals surface area contributed by atoms with Crippen LogP contribution >= 0.6 is 0 Å². The van der Waals surface area contributed by atoms with Crippen molar-refractivity contribution in [2.45, 2.75) is 31.3 Å². The normalized spacial score (nSPS) is 11.4. The van der Waals surface area contributed by atoms with Crippen LogP contribution in [0.2, 0.25) is 0 Å². The van der Waals surface area contributed by atoms with Crippen LogP contribution in [0.3, 0.4) is 0 Å². The van der Waals surface area contributed by atoms with Gasteiger partial charge in [0.2, 0.25) is 10.0 Å². The van der Waals surface area contributed by atoms with Gasteiger partial charge in [0.05, 0.1) is 4.90 Å². The topological polar surface area (TPSA) is 75.3 Å². The zero-order valence-electron chi connectivity index (χ0n) is 13.1. The highest BCUT2D eigenvalue weighted by Crippen LogP contribution is 2.12. The van der Waals surface area contributed by atoms with Crippen LogP contribution in [0.4, 0.5) is 0 Å². The third-order valence-corrected chi connectivity index (χ3v) is 4.74. The molecule has 0 radical (unpaired) electrons. The number of amides is 1. The predicted octanol–water partition coefficient (Wildman–Crippen LogP) is 2.30. The Morgan fingerprint density at radius 1 is 1.04 bits per heavy atom. The number of hydrogen-bond donors (Lipinski definition) is 2. The lowest BCUT2D eigenvalue weighted by atomic mass is 10.2. The molecule has 0 fully saturated rings. The van der Waals surface area contributed by atoms with Crippen molar-refractivity contribution in [1.29, 1.82) is 0 Å². The molecule has 0 saturated heterocycles. The SMILES string of the molecule is CC(C)NS(=O)(=O)c1cccc(CNC(=O)c2ccccc2)c1. The fourth-order valence-corrected chi connectivity index (χ4v) is 3.40. The maximum Gasteiger partial charge on any atom is 0.251 e. The predicted molar refractivity (Wildman–Crippen MR) is 89.5 cm³/mol. The number of carbonyl (C=O) groups excluding carboxylic acids is 1. The quantitative estimate of drug-likeness (QED) is 0.852. The first-order chi connectivity index (χ1) is 10.9. The van der Waals surface area contributed by atoms with Crippen LogP contribution < -0.4 is 10.0 Å². The zero-order valence-corrected chi connectivity index (χ0v) is 13.9. The summed E-state index contributed by atoms with van der Waals surface area (Å²) >= 11 is 0. The van der Waals surface area contributed by atoms with Crippen molar-refractivity contribution >= 4 is 15.9 Å². The second-order valence-electron chi connectivity index (χ2n) is 5.47. The number of benzene rings is 2. The van der Waals surface area contributed by atoms with Crippen molar-refractivity contribution in [3.63, 3.8) is 0 Å². The Hall–Kier alpha value is -2.18. The van der Waals surface area contributed by atoms with Gasteiger partial charge in [-0.2, -0.15) is 0 Å². The molecule has 1 amide bonds. The molecular formula is C17H20N2O3S. The molecule has 0 aromatic heterocycles. The molecule has 0 unspecified atom stereocenters. The van der Waals surface area contributed by atoms with Crippen LogP contribution in [0, 0.1) is 0 Å². The summed E-state index contributed by atoms with van der Waals surface area (Å²) in [7, 11) is -3.54. The van der Waals surface area contributed by atoms with E-state index < -0.39 is 10.0 Å². The average Bonchev–Trinajstić information content (AvgIpc) is 2.52. The van der Waals surface area contributed by atoms with E-state index in [1.54, 1.807) is 56.3 Å². The van der Waals surface area contributed by atoms with E-state index in [4.69, 9.17) is 0 Å². The van der Waals surface area contributed by atoms with Gasteiger partial charge in [-0.3, -0.25) is 4.79 Å². The van der Waals surface area contributed by atoms with Crippen LogP contribution in [0.15, 0.2) is 59.5 Å². The molecular weight excluding hydrogens is 312 g/mol. The van der Waals surface area contributed by atoms with Gasteiger partial charge in [-0.25, -0.2) is 13.1 Å². The average molecular weight is 332 g/mol. The zero-order chi connectivity index (χ0) is 16.9. The highest BCUT2D eigenvalue weighted by Gasteiger charge is 2.15. The summed E-state index contributed by atoms with van der Waals surface area (Å²) in [6.45, 7) is 3.79. The van der Waals surface area contributed by atoms with Gasteiger partial charge in [-0.1, -0.05) is 30.3 Å². The lowest BCUT2D eigenvalue weighted by Crippen LogP contribution is -2.30. The Morgan fingerprint density at radius 2 is 1.74 bits per heavy atom. The van der Waals surface area contributed by atoms with Crippen molar-refractivity contribution in [2.75, 3.05) is 0 Å². The second kappa shape index (κ2) is 7.39. The van der Waals surface area contributed by atoms with E-state index in [1.807, 2.05) is 6.07 Å². The largest absolute Gasteiger partial charge is 0.348 e. The Labute approximate surface area is 136 Å². The summed E-state index contributed by atoms with van der Waals surface area (Å²) in [4.78, 5) is 12.2. The molecule has 0 aliphatic carbocycles. The van der Waals surface area contributed by atoms with Crippen LogP contribution in [0.1, 0.15) is 29.8 Å². The van der Waals surface area contributed by atoms with Crippen molar-refractivity contribution in [1.82, 2.24) is 10.0 Å². The fourth-order valence-electron chi connectivity index (χ4n) is 2.07. The number of carbonyl (C=O) groups is 1. The van der Waals surface area contributed by atoms with Gasteiger partial charge in [-0.05, 0) is 43.7 Å².